The highest BCUT2D eigenvalue weighted by Crippen LogP contribution is 2.38. The molecule has 2 heterocycles. The number of fused-ring (bicyclic) bond motifs is 2. The summed E-state index contributed by atoms with van der Waals surface area (Å²) in [6.07, 6.45) is 6.71. The first-order chi connectivity index (χ1) is 16.7. The van der Waals surface area contributed by atoms with Crippen molar-refractivity contribution < 1.29 is 23.8 Å². The van der Waals surface area contributed by atoms with Crippen molar-refractivity contribution in [3.05, 3.63) is 106 Å². The Kier molecular flexibility index (Phi) is 5.40. The molecule has 0 saturated heterocycles. The van der Waals surface area contributed by atoms with E-state index in [2.05, 4.69) is 0 Å². The fourth-order valence-electron chi connectivity index (χ4n) is 4.03. The number of allylic oxidation sites excluding steroid dienone is 1. The molecule has 0 saturated carbocycles. The second-order valence-electron chi connectivity index (χ2n) is 9.21. The third-order valence-electron chi connectivity index (χ3n) is 5.97. The van der Waals surface area contributed by atoms with Crippen LogP contribution in [-0.4, -0.2) is 22.3 Å². The van der Waals surface area contributed by atoms with Gasteiger partial charge in [-0.15, -0.1) is 0 Å². The van der Waals surface area contributed by atoms with E-state index in [0.717, 1.165) is 16.5 Å². The van der Waals surface area contributed by atoms with E-state index in [1.54, 1.807) is 54.6 Å². The van der Waals surface area contributed by atoms with E-state index < -0.39 is 5.60 Å². The summed E-state index contributed by atoms with van der Waals surface area (Å²) in [7, 11) is 0. The lowest BCUT2D eigenvalue weighted by atomic mass is 9.98. The molecule has 1 aromatic heterocycles. The van der Waals surface area contributed by atoms with Gasteiger partial charge in [0.05, 0.1) is 11.1 Å². The molecule has 174 valence electrons. The van der Waals surface area contributed by atoms with E-state index in [9.17, 15) is 14.7 Å². The maximum absolute atomic E-state index is 12.8. The molecule has 3 aromatic carbocycles. The number of ketones is 2. The van der Waals surface area contributed by atoms with Gasteiger partial charge in [-0.2, -0.15) is 0 Å². The van der Waals surface area contributed by atoms with Crippen LogP contribution in [0.1, 0.15) is 57.0 Å². The molecule has 35 heavy (non-hydrogen) atoms. The van der Waals surface area contributed by atoms with Crippen LogP contribution >= 0.6 is 0 Å². The van der Waals surface area contributed by atoms with Gasteiger partial charge in [-0.05, 0) is 74.9 Å². The predicted octanol–water partition coefficient (Wildman–Crippen LogP) is 6.76. The van der Waals surface area contributed by atoms with Gasteiger partial charge < -0.3 is 14.3 Å². The molecule has 1 aliphatic heterocycles. The number of hydrogen-bond donors (Lipinski definition) is 1. The van der Waals surface area contributed by atoms with E-state index in [0.29, 0.717) is 22.5 Å². The zero-order valence-electron chi connectivity index (χ0n) is 19.7. The molecule has 0 radical (unpaired) electrons. The Bertz CT molecular complexity index is 1530. The maximum atomic E-state index is 12.8. The fourth-order valence-corrected chi connectivity index (χ4v) is 4.03. The average molecular weight is 465 g/mol. The minimum absolute atomic E-state index is 0.103. The highest BCUT2D eigenvalue weighted by molar-refractivity contribution is 6.10. The Balaban J connectivity index is 1.37. The van der Waals surface area contributed by atoms with Crippen LogP contribution in [0, 0.1) is 6.92 Å². The molecule has 5 nitrogen and oxygen atoms in total. The summed E-state index contributed by atoms with van der Waals surface area (Å²) in [5.74, 6) is 0.188. The summed E-state index contributed by atoms with van der Waals surface area (Å²) in [5.41, 5.74) is 3.22. The van der Waals surface area contributed by atoms with Crippen LogP contribution in [0.5, 0.6) is 11.5 Å². The standard InChI is InChI=1S/C30H24O5/c1-18-4-8-20(9-5-18)28(32)27-17-21-16-19(7-12-25(21)34-27)6-11-24(31)22-10-13-26-23(29(22)33)14-15-30(2,3)35-26/h4-17,33H,1-3H3/b11-6+. The molecule has 0 aliphatic carbocycles. The van der Waals surface area contributed by atoms with Crippen molar-refractivity contribution in [2.75, 3.05) is 0 Å². The quantitative estimate of drug-likeness (QED) is 0.261. The van der Waals surface area contributed by atoms with E-state index in [4.69, 9.17) is 9.15 Å². The highest BCUT2D eigenvalue weighted by Gasteiger charge is 2.25. The predicted molar refractivity (Wildman–Crippen MR) is 136 cm³/mol. The van der Waals surface area contributed by atoms with Crippen molar-refractivity contribution in [3.63, 3.8) is 0 Å². The minimum Gasteiger partial charge on any atom is -0.506 e. The number of carbonyl (C=O) groups excluding carboxylic acids is 2. The molecule has 1 aliphatic rings. The van der Waals surface area contributed by atoms with Gasteiger partial charge in [-0.25, -0.2) is 0 Å². The van der Waals surface area contributed by atoms with Crippen LogP contribution < -0.4 is 4.74 Å². The summed E-state index contributed by atoms with van der Waals surface area (Å²) in [5, 5.41) is 11.4. The maximum Gasteiger partial charge on any atom is 0.228 e. The first-order valence-corrected chi connectivity index (χ1v) is 11.3. The summed E-state index contributed by atoms with van der Waals surface area (Å²) >= 11 is 0. The summed E-state index contributed by atoms with van der Waals surface area (Å²) in [6.45, 7) is 5.81. The fraction of sp³-hybridized carbons (Fsp3) is 0.133. The number of phenols is 1. The zero-order chi connectivity index (χ0) is 24.7. The van der Waals surface area contributed by atoms with Crippen molar-refractivity contribution in [1.29, 1.82) is 0 Å². The number of benzene rings is 3. The Morgan fingerprint density at radius 3 is 2.51 bits per heavy atom. The number of aryl methyl sites for hydroxylation is 1. The van der Waals surface area contributed by atoms with E-state index in [-0.39, 0.29) is 28.6 Å². The van der Waals surface area contributed by atoms with Crippen LogP contribution in [0.3, 0.4) is 0 Å². The van der Waals surface area contributed by atoms with Crippen LogP contribution in [0.4, 0.5) is 0 Å². The molecular weight excluding hydrogens is 440 g/mol. The molecule has 0 atom stereocenters. The SMILES string of the molecule is Cc1ccc(C(=O)c2cc3cc(/C=C/C(=O)c4ccc5c(c4O)C=CC(C)(C)O5)ccc3o2)cc1. The first kappa shape index (κ1) is 22.4. The Morgan fingerprint density at radius 1 is 0.971 bits per heavy atom. The van der Waals surface area contributed by atoms with Crippen molar-refractivity contribution in [3.8, 4) is 11.5 Å². The van der Waals surface area contributed by atoms with Gasteiger partial charge in [-0.1, -0.05) is 42.0 Å². The number of phenolic OH excluding ortho intramolecular Hbond substituents is 1. The monoisotopic (exact) mass is 464 g/mol. The topological polar surface area (TPSA) is 76.7 Å². The van der Waals surface area contributed by atoms with E-state index in [1.807, 2.05) is 45.0 Å². The first-order valence-electron chi connectivity index (χ1n) is 11.3. The van der Waals surface area contributed by atoms with Crippen LogP contribution in [0.25, 0.3) is 23.1 Å². The smallest absolute Gasteiger partial charge is 0.228 e. The van der Waals surface area contributed by atoms with Crippen molar-refractivity contribution in [2.45, 2.75) is 26.4 Å². The second kappa shape index (κ2) is 8.44. The number of aromatic hydroxyl groups is 1. The molecule has 0 unspecified atom stereocenters. The number of ether oxygens (including phenoxy) is 1. The average Bonchev–Trinajstić information content (AvgIpc) is 3.25. The molecule has 0 bridgehead atoms. The molecule has 1 N–H and O–H groups in total. The lowest BCUT2D eigenvalue weighted by molar-refractivity contribution is 0.101. The Morgan fingerprint density at radius 2 is 1.74 bits per heavy atom. The molecule has 0 amide bonds. The van der Waals surface area contributed by atoms with Gasteiger partial charge in [0.15, 0.2) is 11.5 Å². The highest BCUT2D eigenvalue weighted by atomic mass is 16.5. The normalized spacial score (nSPS) is 14.1. The summed E-state index contributed by atoms with van der Waals surface area (Å²) < 4.78 is 11.6. The van der Waals surface area contributed by atoms with Gasteiger partial charge in [-0.3, -0.25) is 9.59 Å². The van der Waals surface area contributed by atoms with Crippen LogP contribution in [0.15, 0.2) is 77.2 Å². The number of hydrogen-bond acceptors (Lipinski definition) is 5. The molecule has 0 fully saturated rings. The van der Waals surface area contributed by atoms with Crippen molar-refractivity contribution in [1.82, 2.24) is 0 Å². The zero-order valence-corrected chi connectivity index (χ0v) is 19.7. The molecule has 5 heteroatoms. The lowest BCUT2D eigenvalue weighted by Crippen LogP contribution is -2.27. The van der Waals surface area contributed by atoms with E-state index >= 15 is 0 Å². The second-order valence-corrected chi connectivity index (χ2v) is 9.21. The van der Waals surface area contributed by atoms with Gasteiger partial charge in [0.25, 0.3) is 0 Å². The van der Waals surface area contributed by atoms with Crippen LogP contribution in [-0.2, 0) is 0 Å². The van der Waals surface area contributed by atoms with Crippen molar-refractivity contribution >= 4 is 34.7 Å². The number of furan rings is 1. The summed E-state index contributed by atoms with van der Waals surface area (Å²) in [4.78, 5) is 25.6. The van der Waals surface area contributed by atoms with Gasteiger partial charge in [0.1, 0.15) is 22.7 Å². The molecule has 0 spiro atoms. The third-order valence-corrected chi connectivity index (χ3v) is 5.97. The Hall–Kier alpha value is -4.38. The molecule has 5 rings (SSSR count). The lowest BCUT2D eigenvalue weighted by Gasteiger charge is -2.28. The third kappa shape index (κ3) is 4.41. The van der Waals surface area contributed by atoms with Gasteiger partial charge >= 0.3 is 0 Å². The Labute approximate surface area is 203 Å². The molecule has 4 aromatic rings. The number of carbonyl (C=O) groups is 2. The molecular formula is C30H24O5. The summed E-state index contributed by atoms with van der Waals surface area (Å²) in [6, 6.07) is 17.7. The largest absolute Gasteiger partial charge is 0.506 e. The van der Waals surface area contributed by atoms with Gasteiger partial charge in [0, 0.05) is 10.9 Å². The van der Waals surface area contributed by atoms with Gasteiger partial charge in [0.2, 0.25) is 5.78 Å². The van der Waals surface area contributed by atoms with Crippen molar-refractivity contribution in [2.24, 2.45) is 0 Å². The van der Waals surface area contributed by atoms with Crippen LogP contribution in [0.2, 0.25) is 0 Å². The van der Waals surface area contributed by atoms with E-state index in [1.165, 1.54) is 6.08 Å². The number of rotatable bonds is 5. The minimum atomic E-state index is -0.471.